The molecule has 0 amide bonds. The molecule has 18 heteroatoms. The van der Waals surface area contributed by atoms with E-state index in [4.69, 9.17) is 32.3 Å². The number of hydrogen-bond donors (Lipinski definition) is 4. The molecule has 0 heterocycles. The molecule has 0 aliphatic carbocycles. The minimum absolute atomic E-state index is 0.0789. The first kappa shape index (κ1) is 104. The maximum Gasteiger partial charge on any atom is 0.472 e. The second kappa shape index (κ2) is 82.6. The summed E-state index contributed by atoms with van der Waals surface area (Å²) in [5.74, 6) is -1.61. The van der Waals surface area contributed by atoms with Crippen LogP contribution >= 0.6 is 15.6 Å². The lowest BCUT2D eigenvalue weighted by Crippen LogP contribution is -2.30. The van der Waals surface area contributed by atoms with E-state index in [2.05, 4.69) is 179 Å². The molecule has 0 spiro atoms. The van der Waals surface area contributed by atoms with Crippen molar-refractivity contribution in [3.8, 4) is 0 Å². The van der Waals surface area contributed by atoms with E-state index < -0.39 is 91.5 Å². The van der Waals surface area contributed by atoms with Crippen molar-refractivity contribution < 1.29 is 75.8 Å². The minimum Gasteiger partial charge on any atom is -0.463 e. The summed E-state index contributed by atoms with van der Waals surface area (Å²) in [5.41, 5.74) is 0. The fourth-order valence-corrected chi connectivity index (χ4v) is 12.9. The van der Waals surface area contributed by atoms with Gasteiger partial charge in [0, 0.05) is 19.3 Å². The molecule has 5 unspecified atom stereocenters. The number of rotatable bonds is 80. The number of ether oxygens (including phenoxy) is 3. The smallest absolute Gasteiger partial charge is 0.463 e. The monoisotopic (exact) mass is 1570 g/mol. The Balaban J connectivity index is 4.54. The number of allylic oxidation sites excluding steroid dienone is 26. The van der Waals surface area contributed by atoms with E-state index in [9.17, 15) is 43.5 Å². The number of carbonyl (C=O) groups is 3. The molecule has 0 saturated carbocycles. The number of hydrogen-bond acceptors (Lipinski definition) is 14. The lowest BCUT2D eigenvalue weighted by molar-refractivity contribution is -0.161. The Morgan fingerprint density at radius 2 is 0.486 bits per heavy atom. The summed E-state index contributed by atoms with van der Waals surface area (Å²) in [5, 5.41) is 20.7. The summed E-state index contributed by atoms with van der Waals surface area (Å²) < 4.78 is 61.3. The second-order valence-electron chi connectivity index (χ2n) is 28.2. The second-order valence-corrected chi connectivity index (χ2v) is 31.1. The van der Waals surface area contributed by atoms with Gasteiger partial charge in [-0.05, 0) is 148 Å². The predicted molar refractivity (Wildman–Crippen MR) is 454 cm³/mol. The van der Waals surface area contributed by atoms with Gasteiger partial charge >= 0.3 is 33.6 Å². The summed E-state index contributed by atoms with van der Waals surface area (Å²) in [4.78, 5) is 58.8. The lowest BCUT2D eigenvalue weighted by atomic mass is 10.0. The van der Waals surface area contributed by atoms with Gasteiger partial charge in [0.2, 0.25) is 0 Å². The third kappa shape index (κ3) is 83.9. The van der Waals surface area contributed by atoms with Crippen LogP contribution in [0.3, 0.4) is 0 Å². The number of unbranched alkanes of at least 4 members (excludes halogenated alkanes) is 31. The first-order valence-corrected chi connectivity index (χ1v) is 45.8. The molecule has 0 aromatic rings. The molecule has 0 saturated heterocycles. The highest BCUT2D eigenvalue weighted by Gasteiger charge is 2.29. The summed E-state index contributed by atoms with van der Waals surface area (Å²) in [6, 6.07) is 0. The van der Waals surface area contributed by atoms with Crippen molar-refractivity contribution in [1.82, 2.24) is 0 Å². The van der Waals surface area contributed by atoms with Gasteiger partial charge in [0.15, 0.2) is 6.10 Å². The van der Waals surface area contributed by atoms with Gasteiger partial charge in [0.1, 0.15) is 25.4 Å². The van der Waals surface area contributed by atoms with Gasteiger partial charge in [-0.25, -0.2) is 9.13 Å². The number of carbonyl (C=O) groups excluding carboxylic acids is 3. The molecule has 0 fully saturated rings. The molecule has 624 valence electrons. The van der Waals surface area contributed by atoms with Gasteiger partial charge in [0.25, 0.3) is 0 Å². The van der Waals surface area contributed by atoms with E-state index in [0.29, 0.717) is 19.3 Å². The highest BCUT2D eigenvalue weighted by Crippen LogP contribution is 2.45. The molecule has 109 heavy (non-hydrogen) atoms. The third-order valence-corrected chi connectivity index (χ3v) is 19.6. The van der Waals surface area contributed by atoms with Gasteiger partial charge in [-0.2, -0.15) is 0 Å². The Morgan fingerprint density at radius 3 is 0.771 bits per heavy atom. The number of phosphoric ester groups is 2. The summed E-state index contributed by atoms with van der Waals surface area (Å²) in [7, 11) is -9.81. The first-order chi connectivity index (χ1) is 53.2. The number of aliphatic hydroxyl groups is 2. The van der Waals surface area contributed by atoms with Crippen molar-refractivity contribution in [2.75, 3.05) is 39.6 Å². The van der Waals surface area contributed by atoms with Crippen molar-refractivity contribution in [3.63, 3.8) is 0 Å². The van der Waals surface area contributed by atoms with E-state index in [1.807, 2.05) is 0 Å². The average molecular weight is 1570 g/mol. The van der Waals surface area contributed by atoms with E-state index in [0.717, 1.165) is 167 Å². The lowest BCUT2D eigenvalue weighted by Gasteiger charge is -2.21. The SMILES string of the molecule is CC/C=C\C/C=C\C/C=C\C/C=C\C/C=C\CCCCCCCC(=O)OCC(COP(=O)(O)OCC(O)COP(=O)(O)OCC(O)COC(=O)CCCCCCCCCCCCCCCCCCC/C=C\C/C=C\C/C=C\C/C=C\CCCCC)OC(=O)CCCCCCCC/C=C\C/C=C\C/C=C\C/C=C\CC. The molecule has 5 atom stereocenters. The van der Waals surface area contributed by atoms with Crippen LogP contribution in [0.2, 0.25) is 0 Å². The molecular weight excluding hydrogens is 1410 g/mol. The zero-order chi connectivity index (χ0) is 79.4. The van der Waals surface area contributed by atoms with Gasteiger partial charge in [-0.3, -0.25) is 32.5 Å². The summed E-state index contributed by atoms with van der Waals surface area (Å²) in [6.45, 7) is 2.41. The first-order valence-electron chi connectivity index (χ1n) is 42.8. The van der Waals surface area contributed by atoms with Crippen molar-refractivity contribution in [2.45, 2.75) is 360 Å². The molecule has 0 aliphatic rings. The van der Waals surface area contributed by atoms with E-state index in [-0.39, 0.29) is 19.3 Å². The molecule has 0 aliphatic heterocycles. The largest absolute Gasteiger partial charge is 0.472 e. The quantitative estimate of drug-likeness (QED) is 0.0146. The van der Waals surface area contributed by atoms with Crippen LogP contribution in [-0.4, -0.2) is 95.9 Å². The summed E-state index contributed by atoms with van der Waals surface area (Å²) >= 11 is 0. The normalized spacial score (nSPS) is 14.7. The summed E-state index contributed by atoms with van der Waals surface area (Å²) in [6.07, 6.45) is 104. The predicted octanol–water partition coefficient (Wildman–Crippen LogP) is 25.8. The van der Waals surface area contributed by atoms with Crippen molar-refractivity contribution >= 4 is 33.6 Å². The van der Waals surface area contributed by atoms with E-state index in [1.54, 1.807) is 0 Å². The fraction of sp³-hybridized carbons (Fsp3) is 0.681. The van der Waals surface area contributed by atoms with Crippen LogP contribution in [0, 0.1) is 0 Å². The number of aliphatic hydroxyl groups excluding tert-OH is 2. The molecule has 0 aromatic heterocycles. The standard InChI is InChI=1S/C91H154O16P2/c1-4-7-10-13-16-19-22-25-28-31-34-36-37-38-39-40-41-42-43-44-45-46-47-49-52-53-56-59-62-65-68-71-74-77-89(94)101-80-86(92)81-103-108(97,98)104-82-87(93)83-105-109(99,100)106-85-88(107-91(96)79-76-73-70-67-64-61-58-55-50-33-30-27-24-21-18-15-12-9-6-3)84-102-90(95)78-75-72-69-66-63-60-57-54-51-48-35-32-29-26-23-20-17-14-11-8-5-2/h8-9,11-12,16-21,25-30,34-36,38-39,48,50,54-55,57,86-88,92-93H,4-7,10,13-15,22-24,31-33,37,40-47,49,51-53,56,58-85H2,1-3H3,(H,97,98)(H,99,100)/b11-8-,12-9-,19-16-,20-17-,21-18-,28-25-,29-26-,30-27-,36-34-,39-38-,48-35-,55-50-,57-54-. The van der Waals surface area contributed by atoms with Crippen LogP contribution in [0.1, 0.15) is 342 Å². The van der Waals surface area contributed by atoms with Crippen LogP contribution in [0.5, 0.6) is 0 Å². The van der Waals surface area contributed by atoms with Crippen molar-refractivity contribution in [3.05, 3.63) is 158 Å². The highest BCUT2D eigenvalue weighted by molar-refractivity contribution is 7.47. The molecule has 0 bridgehead atoms. The Morgan fingerprint density at radius 1 is 0.266 bits per heavy atom. The maximum absolute atomic E-state index is 13.0. The van der Waals surface area contributed by atoms with Crippen LogP contribution in [0.4, 0.5) is 0 Å². The average Bonchev–Trinajstić information content (AvgIpc) is 0.906. The van der Waals surface area contributed by atoms with Crippen LogP contribution < -0.4 is 0 Å². The van der Waals surface area contributed by atoms with Crippen molar-refractivity contribution in [1.29, 1.82) is 0 Å². The zero-order valence-corrected chi connectivity index (χ0v) is 70.2. The Labute approximate surface area is 663 Å². The number of phosphoric acid groups is 2. The minimum atomic E-state index is -4.95. The van der Waals surface area contributed by atoms with Crippen molar-refractivity contribution in [2.24, 2.45) is 0 Å². The Hall–Kier alpha value is -4.83. The molecule has 0 rings (SSSR count). The maximum atomic E-state index is 13.0. The van der Waals surface area contributed by atoms with Crippen LogP contribution in [0.25, 0.3) is 0 Å². The third-order valence-electron chi connectivity index (χ3n) is 17.7. The molecule has 16 nitrogen and oxygen atoms in total. The fourth-order valence-electron chi connectivity index (χ4n) is 11.3. The highest BCUT2D eigenvalue weighted by atomic mass is 31.2. The van der Waals surface area contributed by atoms with Crippen LogP contribution in [-0.2, 0) is 55.8 Å². The zero-order valence-electron chi connectivity index (χ0n) is 68.4. The Kier molecular flexibility index (Phi) is 79.0. The van der Waals surface area contributed by atoms with Crippen LogP contribution in [0.15, 0.2) is 158 Å². The topological polar surface area (TPSA) is 231 Å². The van der Waals surface area contributed by atoms with Gasteiger partial charge < -0.3 is 34.2 Å². The molecule has 0 radical (unpaired) electrons. The van der Waals surface area contributed by atoms with Gasteiger partial charge in [-0.1, -0.05) is 333 Å². The van der Waals surface area contributed by atoms with Gasteiger partial charge in [-0.15, -0.1) is 0 Å². The molecule has 4 N–H and O–H groups in total. The van der Waals surface area contributed by atoms with E-state index >= 15 is 0 Å². The molecule has 0 aromatic carbocycles. The van der Waals surface area contributed by atoms with Gasteiger partial charge in [0.05, 0.1) is 26.4 Å². The Bertz CT molecular complexity index is 2610. The van der Waals surface area contributed by atoms with E-state index in [1.165, 1.54) is 116 Å². The molecular formula is C91H154O16P2. The number of esters is 3.